The zero-order valence-electron chi connectivity index (χ0n) is 17.5. The van der Waals surface area contributed by atoms with Gasteiger partial charge in [0.05, 0.1) is 29.4 Å². The quantitative estimate of drug-likeness (QED) is 0.709. The van der Waals surface area contributed by atoms with E-state index in [0.717, 1.165) is 0 Å². The number of halogens is 1. The Balaban J connectivity index is 1.49. The van der Waals surface area contributed by atoms with Crippen LogP contribution in [0.3, 0.4) is 0 Å². The maximum atomic E-state index is 13.5. The number of carbonyl (C=O) groups is 1. The molecule has 2 aromatic rings. The summed E-state index contributed by atoms with van der Waals surface area (Å²) in [6.07, 6.45) is 2.12. The van der Waals surface area contributed by atoms with Crippen LogP contribution in [-0.4, -0.2) is 72.9 Å². The smallest absolute Gasteiger partial charge is 0.257 e. The van der Waals surface area contributed by atoms with Crippen LogP contribution in [0, 0.1) is 19.7 Å². The van der Waals surface area contributed by atoms with Gasteiger partial charge in [0, 0.05) is 38.3 Å². The molecule has 2 fully saturated rings. The molecule has 2 aliphatic heterocycles. The fourth-order valence-electron chi connectivity index (χ4n) is 3.91. The molecular weight excluding hydrogens is 423 g/mol. The van der Waals surface area contributed by atoms with Crippen molar-refractivity contribution >= 4 is 15.9 Å². The average Bonchev–Trinajstić information content (AvgIpc) is 3.27. The van der Waals surface area contributed by atoms with Crippen LogP contribution in [0.2, 0.25) is 0 Å². The fourth-order valence-corrected chi connectivity index (χ4v) is 5.50. The van der Waals surface area contributed by atoms with E-state index in [1.165, 1.54) is 35.6 Å². The van der Waals surface area contributed by atoms with E-state index in [9.17, 15) is 17.6 Å². The van der Waals surface area contributed by atoms with Gasteiger partial charge in [-0.15, -0.1) is 0 Å². The number of rotatable bonds is 4. The van der Waals surface area contributed by atoms with Crippen molar-refractivity contribution in [2.45, 2.75) is 31.1 Å². The SMILES string of the molecule is Cc1cc(S(=O)(=O)N2CC[C@@H](c3ncc(C(=O)N4CCOCC4)c(C)n3)C2)ccc1F. The molecule has 3 heterocycles. The molecule has 2 saturated heterocycles. The summed E-state index contributed by atoms with van der Waals surface area (Å²) >= 11 is 0. The highest BCUT2D eigenvalue weighted by molar-refractivity contribution is 7.89. The molecule has 0 spiro atoms. The largest absolute Gasteiger partial charge is 0.378 e. The molecule has 1 aromatic heterocycles. The molecule has 2 aliphatic rings. The predicted octanol–water partition coefficient (Wildman–Crippen LogP) is 1.88. The minimum absolute atomic E-state index is 0.0793. The molecule has 0 N–H and O–H groups in total. The normalized spacial score (nSPS) is 20.2. The van der Waals surface area contributed by atoms with E-state index in [0.29, 0.717) is 56.4 Å². The van der Waals surface area contributed by atoms with Crippen molar-refractivity contribution in [3.63, 3.8) is 0 Å². The highest BCUT2D eigenvalue weighted by atomic mass is 32.2. The minimum atomic E-state index is -3.73. The fraction of sp³-hybridized carbons (Fsp3) is 0.476. The molecule has 1 amide bonds. The first kappa shape index (κ1) is 21.8. The summed E-state index contributed by atoms with van der Waals surface area (Å²) in [7, 11) is -3.73. The summed E-state index contributed by atoms with van der Waals surface area (Å²) in [5.41, 5.74) is 1.32. The van der Waals surface area contributed by atoms with Crippen molar-refractivity contribution < 1.29 is 22.3 Å². The molecular formula is C21H25FN4O4S. The second-order valence-corrected chi connectivity index (χ2v) is 9.83. The Hall–Kier alpha value is -2.43. The molecule has 31 heavy (non-hydrogen) atoms. The number of carbonyl (C=O) groups excluding carboxylic acids is 1. The maximum absolute atomic E-state index is 13.5. The van der Waals surface area contributed by atoms with E-state index >= 15 is 0 Å². The van der Waals surface area contributed by atoms with Gasteiger partial charge in [0.25, 0.3) is 5.91 Å². The van der Waals surface area contributed by atoms with E-state index in [1.807, 2.05) is 0 Å². The standard InChI is InChI=1S/C21H25FN4O4S/c1-14-11-17(3-4-19(14)22)31(28,29)26-6-5-16(13-26)20-23-12-18(15(2)24-20)21(27)25-7-9-30-10-8-25/h3-4,11-12,16H,5-10,13H2,1-2H3/t16-/m1/s1. The first-order valence-corrected chi connectivity index (χ1v) is 11.7. The number of benzene rings is 1. The lowest BCUT2D eigenvalue weighted by atomic mass is 10.1. The van der Waals surface area contributed by atoms with Gasteiger partial charge in [0.2, 0.25) is 10.0 Å². The molecule has 4 rings (SSSR count). The number of nitrogens with zero attached hydrogens (tertiary/aromatic N) is 4. The van der Waals surface area contributed by atoms with E-state index in [4.69, 9.17) is 4.74 Å². The number of aryl methyl sites for hydroxylation is 2. The third-order valence-corrected chi connectivity index (χ3v) is 7.67. The molecule has 0 aliphatic carbocycles. The third-order valence-electron chi connectivity index (χ3n) is 5.81. The second-order valence-electron chi connectivity index (χ2n) is 7.89. The lowest BCUT2D eigenvalue weighted by Crippen LogP contribution is -2.41. The monoisotopic (exact) mass is 448 g/mol. The summed E-state index contributed by atoms with van der Waals surface area (Å²) < 4.78 is 46.1. The summed E-state index contributed by atoms with van der Waals surface area (Å²) in [5.74, 6) is -0.185. The van der Waals surface area contributed by atoms with E-state index in [1.54, 1.807) is 11.8 Å². The van der Waals surface area contributed by atoms with Gasteiger partial charge in [-0.1, -0.05) is 0 Å². The number of ether oxygens (including phenoxy) is 1. The maximum Gasteiger partial charge on any atom is 0.257 e. The molecule has 0 unspecified atom stereocenters. The molecule has 166 valence electrons. The lowest BCUT2D eigenvalue weighted by molar-refractivity contribution is 0.0301. The minimum Gasteiger partial charge on any atom is -0.378 e. The van der Waals surface area contributed by atoms with Gasteiger partial charge in [-0.3, -0.25) is 4.79 Å². The van der Waals surface area contributed by atoms with E-state index < -0.39 is 15.8 Å². The first-order chi connectivity index (χ1) is 14.8. The first-order valence-electron chi connectivity index (χ1n) is 10.2. The topological polar surface area (TPSA) is 92.7 Å². The third kappa shape index (κ3) is 4.32. The summed E-state index contributed by atoms with van der Waals surface area (Å²) in [5, 5.41) is 0. The van der Waals surface area contributed by atoms with Crippen molar-refractivity contribution in [2.75, 3.05) is 39.4 Å². The van der Waals surface area contributed by atoms with Crippen LogP contribution in [-0.2, 0) is 14.8 Å². The van der Waals surface area contributed by atoms with Gasteiger partial charge < -0.3 is 9.64 Å². The van der Waals surface area contributed by atoms with Crippen molar-refractivity contribution in [2.24, 2.45) is 0 Å². The van der Waals surface area contributed by atoms with Gasteiger partial charge in [-0.2, -0.15) is 4.31 Å². The van der Waals surface area contributed by atoms with Crippen LogP contribution in [0.5, 0.6) is 0 Å². The van der Waals surface area contributed by atoms with Crippen LogP contribution in [0.25, 0.3) is 0 Å². The van der Waals surface area contributed by atoms with Crippen LogP contribution in [0.15, 0.2) is 29.3 Å². The molecule has 0 radical (unpaired) electrons. The second kappa shape index (κ2) is 8.60. The van der Waals surface area contributed by atoms with Crippen molar-refractivity contribution in [3.05, 3.63) is 52.9 Å². The Labute approximate surface area is 181 Å². The summed E-state index contributed by atoms with van der Waals surface area (Å²) in [4.78, 5) is 23.4. The van der Waals surface area contributed by atoms with E-state index in [-0.39, 0.29) is 28.8 Å². The Bertz CT molecular complexity index is 1100. The number of hydrogen-bond donors (Lipinski definition) is 0. The Morgan fingerprint density at radius 2 is 1.94 bits per heavy atom. The van der Waals surface area contributed by atoms with Crippen molar-refractivity contribution in [1.82, 2.24) is 19.2 Å². The Morgan fingerprint density at radius 1 is 1.19 bits per heavy atom. The molecule has 1 aromatic carbocycles. The highest BCUT2D eigenvalue weighted by Crippen LogP contribution is 2.30. The molecule has 0 bridgehead atoms. The lowest BCUT2D eigenvalue weighted by Gasteiger charge is -2.27. The summed E-state index contributed by atoms with van der Waals surface area (Å²) in [6.45, 7) is 6.00. The van der Waals surface area contributed by atoms with Crippen molar-refractivity contribution in [1.29, 1.82) is 0 Å². The van der Waals surface area contributed by atoms with Gasteiger partial charge in [0.1, 0.15) is 11.6 Å². The van der Waals surface area contributed by atoms with Gasteiger partial charge >= 0.3 is 0 Å². The zero-order chi connectivity index (χ0) is 22.2. The summed E-state index contributed by atoms with van der Waals surface area (Å²) in [6, 6.07) is 3.81. The molecule has 1 atom stereocenters. The zero-order valence-corrected chi connectivity index (χ0v) is 18.4. The van der Waals surface area contributed by atoms with E-state index in [2.05, 4.69) is 9.97 Å². The van der Waals surface area contributed by atoms with Crippen LogP contribution in [0.1, 0.15) is 39.8 Å². The number of amides is 1. The molecule has 10 heteroatoms. The van der Waals surface area contributed by atoms with Gasteiger partial charge in [0.15, 0.2) is 0 Å². The molecule has 8 nitrogen and oxygen atoms in total. The van der Waals surface area contributed by atoms with Crippen LogP contribution >= 0.6 is 0 Å². The van der Waals surface area contributed by atoms with Crippen LogP contribution in [0.4, 0.5) is 4.39 Å². The van der Waals surface area contributed by atoms with Crippen LogP contribution < -0.4 is 0 Å². The molecule has 0 saturated carbocycles. The van der Waals surface area contributed by atoms with Gasteiger partial charge in [-0.05, 0) is 44.0 Å². The Kier molecular flexibility index (Phi) is 6.05. The predicted molar refractivity (Wildman–Crippen MR) is 111 cm³/mol. The Morgan fingerprint density at radius 3 is 2.61 bits per heavy atom. The number of sulfonamides is 1. The number of hydrogen-bond acceptors (Lipinski definition) is 6. The van der Waals surface area contributed by atoms with Crippen molar-refractivity contribution in [3.8, 4) is 0 Å². The number of aromatic nitrogens is 2. The van der Waals surface area contributed by atoms with Gasteiger partial charge in [-0.25, -0.2) is 22.8 Å². The average molecular weight is 449 g/mol. The highest BCUT2D eigenvalue weighted by Gasteiger charge is 2.35. The number of morpholine rings is 1.